The molecule has 0 bridgehead atoms. The van der Waals surface area contributed by atoms with Crippen molar-refractivity contribution in [2.24, 2.45) is 0 Å². The molecule has 2 rings (SSSR count). The highest BCUT2D eigenvalue weighted by Gasteiger charge is 2.32. The maximum atomic E-state index is 12.8. The first-order valence-electron chi connectivity index (χ1n) is 5.85. The number of rotatable bonds is 3. The minimum atomic E-state index is -4.34. The number of alkyl halides is 3. The number of aryl methyl sites for hydroxylation is 1. The number of hydrogen-bond acceptors (Lipinski definition) is 2. The Bertz CT molecular complexity index is 546. The van der Waals surface area contributed by atoms with Gasteiger partial charge in [0.25, 0.3) is 0 Å². The van der Waals surface area contributed by atoms with Crippen LogP contribution < -0.4 is 5.32 Å². The van der Waals surface area contributed by atoms with E-state index in [1.54, 1.807) is 18.2 Å². The van der Waals surface area contributed by atoms with Gasteiger partial charge in [0.2, 0.25) is 0 Å². The van der Waals surface area contributed by atoms with E-state index in [2.05, 4.69) is 5.32 Å². The minimum absolute atomic E-state index is 0.196. The van der Waals surface area contributed by atoms with Crippen LogP contribution in [0.15, 0.2) is 41.0 Å². The molecule has 1 unspecified atom stereocenters. The van der Waals surface area contributed by atoms with Gasteiger partial charge < -0.3 is 9.73 Å². The second-order valence-corrected chi connectivity index (χ2v) is 4.41. The van der Waals surface area contributed by atoms with Crippen molar-refractivity contribution in [1.82, 2.24) is 0 Å². The van der Waals surface area contributed by atoms with Crippen LogP contribution in [0.5, 0.6) is 0 Å². The molecule has 1 aromatic heterocycles. The van der Waals surface area contributed by atoms with E-state index in [0.717, 1.165) is 6.07 Å². The first-order valence-corrected chi connectivity index (χ1v) is 5.85. The van der Waals surface area contributed by atoms with Crippen LogP contribution in [0.25, 0.3) is 0 Å². The molecule has 0 saturated carbocycles. The Labute approximate surface area is 109 Å². The van der Waals surface area contributed by atoms with E-state index >= 15 is 0 Å². The van der Waals surface area contributed by atoms with Crippen molar-refractivity contribution in [3.8, 4) is 0 Å². The lowest BCUT2D eigenvalue weighted by molar-refractivity contribution is -0.138. The number of anilines is 1. The molecule has 0 radical (unpaired) electrons. The van der Waals surface area contributed by atoms with Gasteiger partial charge in [-0.3, -0.25) is 0 Å². The van der Waals surface area contributed by atoms with Gasteiger partial charge in [-0.05, 0) is 43.7 Å². The van der Waals surface area contributed by atoms with Crippen molar-refractivity contribution in [3.05, 3.63) is 53.5 Å². The number of benzene rings is 1. The van der Waals surface area contributed by atoms with E-state index in [-0.39, 0.29) is 11.6 Å². The summed E-state index contributed by atoms with van der Waals surface area (Å²) in [6.45, 7) is 3.27. The molecular formula is C14H14F3NO. The molecule has 0 aliphatic carbocycles. The number of nitrogens with one attached hydrogen (secondary N) is 1. The second-order valence-electron chi connectivity index (χ2n) is 4.41. The summed E-state index contributed by atoms with van der Waals surface area (Å²) in [6, 6.07) is 7.53. The Balaban J connectivity index is 2.22. The zero-order valence-corrected chi connectivity index (χ0v) is 10.6. The lowest BCUT2D eigenvalue weighted by Gasteiger charge is -2.16. The average Bonchev–Trinajstić information content (AvgIpc) is 2.83. The molecule has 1 aromatic carbocycles. The summed E-state index contributed by atoms with van der Waals surface area (Å²) in [4.78, 5) is 0. The van der Waals surface area contributed by atoms with E-state index in [4.69, 9.17) is 4.42 Å². The molecule has 19 heavy (non-hydrogen) atoms. The number of furan rings is 1. The maximum absolute atomic E-state index is 12.8. The molecule has 0 aliphatic heterocycles. The Morgan fingerprint density at radius 3 is 2.53 bits per heavy atom. The van der Waals surface area contributed by atoms with Gasteiger partial charge in [-0.2, -0.15) is 13.2 Å². The topological polar surface area (TPSA) is 25.2 Å². The van der Waals surface area contributed by atoms with Gasteiger partial charge in [-0.1, -0.05) is 6.07 Å². The third kappa shape index (κ3) is 3.10. The molecule has 1 heterocycles. The van der Waals surface area contributed by atoms with Crippen molar-refractivity contribution in [1.29, 1.82) is 0 Å². The zero-order chi connectivity index (χ0) is 14.0. The molecule has 0 amide bonds. The molecular weight excluding hydrogens is 255 g/mol. The van der Waals surface area contributed by atoms with Crippen molar-refractivity contribution < 1.29 is 17.6 Å². The van der Waals surface area contributed by atoms with Crippen molar-refractivity contribution in [2.45, 2.75) is 26.1 Å². The summed E-state index contributed by atoms with van der Waals surface area (Å²) < 4.78 is 43.6. The lowest BCUT2D eigenvalue weighted by atomic mass is 10.1. The summed E-state index contributed by atoms with van der Waals surface area (Å²) in [5.74, 6) is 0.675. The summed E-state index contributed by atoms with van der Waals surface area (Å²) >= 11 is 0. The molecule has 0 aliphatic rings. The van der Waals surface area contributed by atoms with E-state index in [1.165, 1.54) is 19.3 Å². The Kier molecular flexibility index (Phi) is 3.55. The summed E-state index contributed by atoms with van der Waals surface area (Å²) in [6.07, 6.45) is -2.81. The van der Waals surface area contributed by atoms with Crippen LogP contribution in [0.3, 0.4) is 0 Å². The van der Waals surface area contributed by atoms with Crippen LogP contribution in [-0.2, 0) is 6.18 Å². The van der Waals surface area contributed by atoms with Gasteiger partial charge in [-0.25, -0.2) is 0 Å². The molecule has 1 atom stereocenters. The Morgan fingerprint density at radius 2 is 1.95 bits per heavy atom. The highest BCUT2D eigenvalue weighted by molar-refractivity contribution is 5.50. The molecule has 102 valence electrons. The highest BCUT2D eigenvalue weighted by atomic mass is 19.4. The average molecular weight is 269 g/mol. The van der Waals surface area contributed by atoms with Crippen LogP contribution in [0, 0.1) is 6.92 Å². The first-order chi connectivity index (χ1) is 8.88. The quantitative estimate of drug-likeness (QED) is 0.867. The van der Waals surface area contributed by atoms with Gasteiger partial charge in [0.05, 0.1) is 17.9 Å². The molecule has 2 aromatic rings. The van der Waals surface area contributed by atoms with E-state index < -0.39 is 11.7 Å². The summed E-state index contributed by atoms with van der Waals surface area (Å²) in [5.41, 5.74) is 0.00896. The third-order valence-corrected chi connectivity index (χ3v) is 2.90. The minimum Gasteiger partial charge on any atom is -0.467 e. The SMILES string of the molecule is Cc1ccc(NC(C)c2ccco2)cc1C(F)(F)F. The predicted octanol–water partition coefficient (Wildman–Crippen LogP) is 4.78. The molecule has 0 spiro atoms. The van der Waals surface area contributed by atoms with Crippen LogP contribution in [0.2, 0.25) is 0 Å². The molecule has 0 fully saturated rings. The van der Waals surface area contributed by atoms with E-state index in [1.807, 2.05) is 6.92 Å². The van der Waals surface area contributed by atoms with E-state index in [0.29, 0.717) is 11.4 Å². The van der Waals surface area contributed by atoms with Crippen LogP contribution in [-0.4, -0.2) is 0 Å². The molecule has 5 heteroatoms. The molecule has 1 N–H and O–H groups in total. The summed E-state index contributed by atoms with van der Waals surface area (Å²) in [7, 11) is 0. The first kappa shape index (κ1) is 13.5. The van der Waals surface area contributed by atoms with Gasteiger partial charge in [0.1, 0.15) is 5.76 Å². The molecule has 2 nitrogen and oxygen atoms in total. The zero-order valence-electron chi connectivity index (χ0n) is 10.6. The lowest BCUT2D eigenvalue weighted by Crippen LogP contribution is -2.10. The fourth-order valence-corrected chi connectivity index (χ4v) is 1.88. The summed E-state index contributed by atoms with van der Waals surface area (Å²) in [5, 5.41) is 2.99. The second kappa shape index (κ2) is 4.99. The van der Waals surface area contributed by atoms with E-state index in [9.17, 15) is 13.2 Å². The van der Waals surface area contributed by atoms with Gasteiger partial charge >= 0.3 is 6.18 Å². The van der Waals surface area contributed by atoms with Gasteiger partial charge in [0, 0.05) is 5.69 Å². The Hall–Kier alpha value is -1.91. The monoisotopic (exact) mass is 269 g/mol. The van der Waals surface area contributed by atoms with Crippen LogP contribution in [0.1, 0.15) is 29.9 Å². The maximum Gasteiger partial charge on any atom is 0.416 e. The van der Waals surface area contributed by atoms with Crippen LogP contribution >= 0.6 is 0 Å². The van der Waals surface area contributed by atoms with Gasteiger partial charge in [-0.15, -0.1) is 0 Å². The Morgan fingerprint density at radius 1 is 1.21 bits per heavy atom. The molecule has 0 saturated heterocycles. The van der Waals surface area contributed by atoms with Crippen molar-refractivity contribution in [2.75, 3.05) is 5.32 Å². The normalized spacial score (nSPS) is 13.3. The third-order valence-electron chi connectivity index (χ3n) is 2.90. The van der Waals surface area contributed by atoms with Crippen molar-refractivity contribution >= 4 is 5.69 Å². The van der Waals surface area contributed by atoms with Gasteiger partial charge in [0.15, 0.2) is 0 Å². The fourth-order valence-electron chi connectivity index (χ4n) is 1.88. The fraction of sp³-hybridized carbons (Fsp3) is 0.286. The highest BCUT2D eigenvalue weighted by Crippen LogP contribution is 2.34. The standard InChI is InChI=1S/C14H14F3NO/c1-9-5-6-11(8-12(9)14(15,16)17)18-10(2)13-4-3-7-19-13/h3-8,10,18H,1-2H3. The largest absolute Gasteiger partial charge is 0.467 e. The smallest absolute Gasteiger partial charge is 0.416 e. The number of halogens is 3. The predicted molar refractivity (Wildman–Crippen MR) is 66.9 cm³/mol. The number of hydrogen-bond donors (Lipinski definition) is 1. The van der Waals surface area contributed by atoms with Crippen molar-refractivity contribution in [3.63, 3.8) is 0 Å². The van der Waals surface area contributed by atoms with Crippen LogP contribution in [0.4, 0.5) is 18.9 Å².